The van der Waals surface area contributed by atoms with E-state index in [1.165, 1.54) is 103 Å². The molecule has 0 aromatic heterocycles. The fourth-order valence-corrected chi connectivity index (χ4v) is 3.91. The smallest absolute Gasteiger partial charge is 0.00667 e. The van der Waals surface area contributed by atoms with Crippen LogP contribution in [0.5, 0.6) is 0 Å². The zero-order chi connectivity index (χ0) is 15.2. The molecule has 1 heteroatoms. The van der Waals surface area contributed by atoms with E-state index in [9.17, 15) is 0 Å². The predicted molar refractivity (Wildman–Crippen MR) is 95.9 cm³/mol. The van der Waals surface area contributed by atoms with Gasteiger partial charge in [-0.3, -0.25) is 0 Å². The van der Waals surface area contributed by atoms with Crippen molar-refractivity contribution in [1.29, 1.82) is 0 Å². The van der Waals surface area contributed by atoms with E-state index < -0.39 is 0 Å². The molecule has 1 fully saturated rings. The second-order valence-corrected chi connectivity index (χ2v) is 7.34. The van der Waals surface area contributed by atoms with Crippen molar-refractivity contribution in [2.24, 2.45) is 5.92 Å². The molecule has 1 saturated carbocycles. The molecule has 0 bridgehead atoms. The van der Waals surface area contributed by atoms with Crippen molar-refractivity contribution < 1.29 is 0 Å². The maximum atomic E-state index is 3.56. The lowest BCUT2D eigenvalue weighted by molar-refractivity contribution is 0.376. The minimum absolute atomic E-state index is 0.794. The van der Waals surface area contributed by atoms with E-state index in [0.717, 1.165) is 12.0 Å². The van der Waals surface area contributed by atoms with E-state index in [1.54, 1.807) is 0 Å². The van der Waals surface area contributed by atoms with E-state index >= 15 is 0 Å². The number of hydrogen-bond acceptors (Lipinski definition) is 1. The van der Waals surface area contributed by atoms with Gasteiger partial charge in [-0.25, -0.2) is 0 Å². The number of hydrogen-bond donors (Lipinski definition) is 1. The molecule has 1 atom stereocenters. The Kier molecular flexibility index (Phi) is 12.3. The monoisotopic (exact) mass is 295 g/mol. The minimum Gasteiger partial charge on any atom is -0.317 e. The Morgan fingerprint density at radius 2 is 1.33 bits per heavy atom. The first-order valence-corrected chi connectivity index (χ1v) is 10.0. The van der Waals surface area contributed by atoms with Gasteiger partial charge in [0.15, 0.2) is 0 Å². The van der Waals surface area contributed by atoms with Crippen molar-refractivity contribution in [3.8, 4) is 0 Å². The third-order valence-electron chi connectivity index (χ3n) is 5.41. The van der Waals surface area contributed by atoms with Crippen LogP contribution in [0.25, 0.3) is 0 Å². The molecule has 1 N–H and O–H groups in total. The van der Waals surface area contributed by atoms with E-state index in [2.05, 4.69) is 19.3 Å². The largest absolute Gasteiger partial charge is 0.317 e. The van der Waals surface area contributed by atoms with Crippen molar-refractivity contribution >= 4 is 0 Å². The fraction of sp³-hybridized carbons (Fsp3) is 1.00. The summed E-state index contributed by atoms with van der Waals surface area (Å²) in [6.45, 7) is 2.30. The van der Waals surface area contributed by atoms with Crippen molar-refractivity contribution in [2.75, 3.05) is 7.05 Å². The molecule has 126 valence electrons. The second-order valence-electron chi connectivity index (χ2n) is 7.34. The summed E-state index contributed by atoms with van der Waals surface area (Å²) >= 11 is 0. The summed E-state index contributed by atoms with van der Waals surface area (Å²) in [4.78, 5) is 0. The van der Waals surface area contributed by atoms with Crippen LogP contribution in [0.15, 0.2) is 0 Å². The molecule has 0 spiro atoms. The first-order chi connectivity index (χ1) is 10.4. The van der Waals surface area contributed by atoms with Crippen LogP contribution in [0.2, 0.25) is 0 Å². The summed E-state index contributed by atoms with van der Waals surface area (Å²) in [5.41, 5.74) is 0. The normalized spacial score (nSPS) is 17.4. The summed E-state index contributed by atoms with van der Waals surface area (Å²) in [5, 5.41) is 3.56. The van der Waals surface area contributed by atoms with Crippen LogP contribution in [-0.4, -0.2) is 13.1 Å². The molecular weight excluding hydrogens is 254 g/mol. The molecule has 0 aromatic carbocycles. The molecule has 0 aromatic rings. The first kappa shape index (κ1) is 19.0. The van der Waals surface area contributed by atoms with Gasteiger partial charge < -0.3 is 5.32 Å². The Morgan fingerprint density at radius 1 is 0.810 bits per heavy atom. The highest BCUT2D eigenvalue weighted by atomic mass is 14.9. The van der Waals surface area contributed by atoms with Crippen LogP contribution in [0.3, 0.4) is 0 Å². The van der Waals surface area contributed by atoms with Crippen LogP contribution in [0, 0.1) is 5.92 Å². The van der Waals surface area contributed by atoms with Crippen LogP contribution in [0.4, 0.5) is 0 Å². The third-order valence-corrected chi connectivity index (χ3v) is 5.41. The summed E-state index contributed by atoms with van der Waals surface area (Å²) in [5.74, 6) is 1.03. The highest BCUT2D eigenvalue weighted by Crippen LogP contribution is 2.29. The standard InChI is InChI=1S/C20H41N/c1-3-4-5-6-7-8-9-10-11-12-17-20(21-2)18-19-15-13-14-16-19/h19-21H,3-18H2,1-2H3. The molecule has 1 rings (SSSR count). The van der Waals surface area contributed by atoms with E-state index in [0.29, 0.717) is 0 Å². The summed E-state index contributed by atoms with van der Waals surface area (Å²) in [6.07, 6.45) is 23.3. The number of rotatable bonds is 14. The van der Waals surface area contributed by atoms with Gasteiger partial charge in [0.05, 0.1) is 0 Å². The number of nitrogens with one attached hydrogen (secondary N) is 1. The Hall–Kier alpha value is -0.0400. The van der Waals surface area contributed by atoms with Gasteiger partial charge >= 0.3 is 0 Å². The lowest BCUT2D eigenvalue weighted by Crippen LogP contribution is -2.27. The average molecular weight is 296 g/mol. The Morgan fingerprint density at radius 3 is 1.86 bits per heavy atom. The van der Waals surface area contributed by atoms with Gasteiger partial charge in [0.25, 0.3) is 0 Å². The van der Waals surface area contributed by atoms with Gasteiger partial charge in [-0.2, -0.15) is 0 Å². The molecule has 0 heterocycles. The van der Waals surface area contributed by atoms with Gasteiger partial charge in [-0.15, -0.1) is 0 Å². The molecule has 0 aliphatic heterocycles. The van der Waals surface area contributed by atoms with Gasteiger partial charge in [0, 0.05) is 6.04 Å². The fourth-order valence-electron chi connectivity index (χ4n) is 3.91. The molecule has 1 aliphatic carbocycles. The van der Waals surface area contributed by atoms with E-state index in [-0.39, 0.29) is 0 Å². The highest BCUT2D eigenvalue weighted by Gasteiger charge is 2.18. The van der Waals surface area contributed by atoms with Crippen molar-refractivity contribution in [2.45, 2.75) is 116 Å². The van der Waals surface area contributed by atoms with Crippen molar-refractivity contribution in [1.82, 2.24) is 5.32 Å². The lowest BCUT2D eigenvalue weighted by atomic mass is 9.94. The van der Waals surface area contributed by atoms with Gasteiger partial charge in [0.1, 0.15) is 0 Å². The van der Waals surface area contributed by atoms with E-state index in [4.69, 9.17) is 0 Å². The minimum atomic E-state index is 0.794. The molecular formula is C20H41N. The molecule has 21 heavy (non-hydrogen) atoms. The van der Waals surface area contributed by atoms with Gasteiger partial charge in [0.2, 0.25) is 0 Å². The zero-order valence-electron chi connectivity index (χ0n) is 15.0. The molecule has 0 radical (unpaired) electrons. The zero-order valence-corrected chi connectivity index (χ0v) is 15.0. The third kappa shape index (κ3) is 10.3. The molecule has 0 saturated heterocycles. The second kappa shape index (κ2) is 13.6. The average Bonchev–Trinajstić information content (AvgIpc) is 3.01. The maximum Gasteiger partial charge on any atom is 0.00667 e. The highest BCUT2D eigenvalue weighted by molar-refractivity contribution is 4.74. The summed E-state index contributed by atoms with van der Waals surface area (Å²) in [6, 6.07) is 0.794. The summed E-state index contributed by atoms with van der Waals surface area (Å²) in [7, 11) is 2.16. The summed E-state index contributed by atoms with van der Waals surface area (Å²) < 4.78 is 0. The first-order valence-electron chi connectivity index (χ1n) is 10.0. The Bertz CT molecular complexity index is 208. The van der Waals surface area contributed by atoms with Crippen LogP contribution < -0.4 is 5.32 Å². The van der Waals surface area contributed by atoms with Gasteiger partial charge in [-0.1, -0.05) is 96.8 Å². The van der Waals surface area contributed by atoms with Crippen LogP contribution >= 0.6 is 0 Å². The molecule has 1 unspecified atom stereocenters. The maximum absolute atomic E-state index is 3.56. The van der Waals surface area contributed by atoms with Crippen LogP contribution in [0.1, 0.15) is 110 Å². The topological polar surface area (TPSA) is 12.0 Å². The number of unbranched alkanes of at least 4 members (excludes halogenated alkanes) is 9. The SMILES string of the molecule is CCCCCCCCCCCCC(CC1CCCC1)NC. The molecule has 1 nitrogen and oxygen atoms in total. The van der Waals surface area contributed by atoms with E-state index in [1.807, 2.05) is 0 Å². The molecule has 1 aliphatic rings. The Labute approximate surface area is 134 Å². The Balaban J connectivity index is 1.85. The van der Waals surface area contributed by atoms with Crippen molar-refractivity contribution in [3.63, 3.8) is 0 Å². The quantitative estimate of drug-likeness (QED) is 0.362. The van der Waals surface area contributed by atoms with Crippen LogP contribution in [-0.2, 0) is 0 Å². The van der Waals surface area contributed by atoms with Gasteiger partial charge in [-0.05, 0) is 25.8 Å². The molecule has 0 amide bonds. The van der Waals surface area contributed by atoms with Crippen molar-refractivity contribution in [3.05, 3.63) is 0 Å². The predicted octanol–water partition coefficient (Wildman–Crippen LogP) is 6.47. The lowest BCUT2D eigenvalue weighted by Gasteiger charge is -2.20.